The van der Waals surface area contributed by atoms with Crippen molar-refractivity contribution < 1.29 is 9.90 Å². The third kappa shape index (κ3) is 4.19. The molecule has 3 nitrogen and oxygen atoms in total. The Balaban J connectivity index is 2.23. The third-order valence-corrected chi connectivity index (χ3v) is 2.52. The summed E-state index contributed by atoms with van der Waals surface area (Å²) in [5.41, 5.74) is 0.378. The molecular formula is C12H19NO2. The van der Waals surface area contributed by atoms with Gasteiger partial charge in [0.05, 0.1) is 5.56 Å². The second kappa shape index (κ2) is 6.27. The van der Waals surface area contributed by atoms with Gasteiger partial charge in [-0.15, -0.1) is 0 Å². The minimum Gasteiger partial charge on any atom is -0.478 e. The number of nitrogens with zero attached hydrogens (tertiary/aromatic N) is 1. The second-order valence-electron chi connectivity index (χ2n) is 3.86. The topological polar surface area (TPSA) is 42.2 Å². The summed E-state index contributed by atoms with van der Waals surface area (Å²) >= 11 is 0. The Morgan fingerprint density at radius 1 is 1.33 bits per heavy atom. The van der Waals surface area contributed by atoms with Crippen LogP contribution in [-0.4, -0.2) is 15.6 Å². The van der Waals surface area contributed by atoms with Gasteiger partial charge < -0.3 is 9.67 Å². The Morgan fingerprint density at radius 2 is 2.07 bits per heavy atom. The lowest BCUT2D eigenvalue weighted by atomic mass is 10.1. The first-order chi connectivity index (χ1) is 7.24. The maximum atomic E-state index is 10.6. The molecule has 0 spiro atoms. The maximum absolute atomic E-state index is 10.6. The van der Waals surface area contributed by atoms with Crippen molar-refractivity contribution in [1.82, 2.24) is 4.57 Å². The quantitative estimate of drug-likeness (QED) is 0.701. The molecule has 0 saturated carbocycles. The molecule has 0 aliphatic rings. The van der Waals surface area contributed by atoms with E-state index in [9.17, 15) is 4.79 Å². The van der Waals surface area contributed by atoms with Crippen molar-refractivity contribution in [2.24, 2.45) is 0 Å². The predicted molar refractivity (Wildman–Crippen MR) is 60.2 cm³/mol. The van der Waals surface area contributed by atoms with Crippen LogP contribution in [0.15, 0.2) is 18.5 Å². The number of unbranched alkanes of at least 4 members (excludes halogenated alkanes) is 4. The highest BCUT2D eigenvalue weighted by Crippen LogP contribution is 2.06. The molecule has 0 saturated heterocycles. The van der Waals surface area contributed by atoms with Crippen LogP contribution in [0.25, 0.3) is 0 Å². The van der Waals surface area contributed by atoms with Crippen LogP contribution in [0.1, 0.15) is 49.4 Å². The molecule has 0 unspecified atom stereocenters. The zero-order valence-corrected chi connectivity index (χ0v) is 9.28. The molecule has 0 atom stereocenters. The van der Waals surface area contributed by atoms with E-state index in [-0.39, 0.29) is 0 Å². The fraction of sp³-hybridized carbons (Fsp3) is 0.583. The summed E-state index contributed by atoms with van der Waals surface area (Å²) in [7, 11) is 0. The predicted octanol–water partition coefficient (Wildman–Crippen LogP) is 3.16. The van der Waals surface area contributed by atoms with Crippen molar-refractivity contribution in [1.29, 1.82) is 0 Å². The molecule has 0 fully saturated rings. The molecule has 3 heteroatoms. The Hall–Kier alpha value is -1.25. The standard InChI is InChI=1S/C12H19NO2/c1-2-3-4-5-6-8-13-9-7-11(10-13)12(14)15/h7,9-10H,2-6,8H2,1H3,(H,14,15). The fourth-order valence-electron chi connectivity index (χ4n) is 1.60. The van der Waals surface area contributed by atoms with E-state index >= 15 is 0 Å². The van der Waals surface area contributed by atoms with Gasteiger partial charge in [0.2, 0.25) is 0 Å². The van der Waals surface area contributed by atoms with Crippen molar-refractivity contribution in [3.8, 4) is 0 Å². The third-order valence-electron chi connectivity index (χ3n) is 2.52. The molecule has 0 amide bonds. The van der Waals surface area contributed by atoms with E-state index in [0.717, 1.165) is 13.0 Å². The highest BCUT2D eigenvalue weighted by Gasteiger charge is 2.03. The van der Waals surface area contributed by atoms with Crippen molar-refractivity contribution in [2.45, 2.75) is 45.6 Å². The average Bonchev–Trinajstić information content (AvgIpc) is 2.66. The first-order valence-corrected chi connectivity index (χ1v) is 5.63. The van der Waals surface area contributed by atoms with Crippen LogP contribution in [0.2, 0.25) is 0 Å². The Kier molecular flexibility index (Phi) is 4.95. The molecule has 84 valence electrons. The summed E-state index contributed by atoms with van der Waals surface area (Å²) in [5.74, 6) is -0.847. The highest BCUT2D eigenvalue weighted by atomic mass is 16.4. The van der Waals surface area contributed by atoms with Gasteiger partial charge in [0.1, 0.15) is 0 Å². The summed E-state index contributed by atoms with van der Waals surface area (Å²) < 4.78 is 1.95. The molecular weight excluding hydrogens is 190 g/mol. The number of hydrogen-bond donors (Lipinski definition) is 1. The number of carbonyl (C=O) groups is 1. The molecule has 1 heterocycles. The molecule has 1 aromatic heterocycles. The number of hydrogen-bond acceptors (Lipinski definition) is 1. The summed E-state index contributed by atoms with van der Waals surface area (Å²) in [6.45, 7) is 3.13. The minimum atomic E-state index is -0.847. The Morgan fingerprint density at radius 3 is 2.67 bits per heavy atom. The molecule has 1 N–H and O–H groups in total. The number of carboxylic acids is 1. The van der Waals surface area contributed by atoms with Crippen molar-refractivity contribution in [3.05, 3.63) is 24.0 Å². The lowest BCUT2D eigenvalue weighted by Gasteiger charge is -2.01. The molecule has 1 rings (SSSR count). The summed E-state index contributed by atoms with van der Waals surface area (Å²) in [6, 6.07) is 1.65. The van der Waals surface area contributed by atoms with E-state index in [1.165, 1.54) is 25.7 Å². The van der Waals surface area contributed by atoms with E-state index < -0.39 is 5.97 Å². The zero-order chi connectivity index (χ0) is 11.1. The number of aromatic carboxylic acids is 1. The van der Waals surface area contributed by atoms with Gasteiger partial charge in [-0.05, 0) is 12.5 Å². The van der Waals surface area contributed by atoms with E-state index in [1.54, 1.807) is 12.3 Å². The smallest absolute Gasteiger partial charge is 0.337 e. The van der Waals surface area contributed by atoms with Gasteiger partial charge in [-0.1, -0.05) is 32.6 Å². The number of aryl methyl sites for hydroxylation is 1. The van der Waals surface area contributed by atoms with Crippen LogP contribution < -0.4 is 0 Å². The molecule has 15 heavy (non-hydrogen) atoms. The van der Waals surface area contributed by atoms with Crippen LogP contribution >= 0.6 is 0 Å². The molecule has 0 radical (unpaired) electrons. The van der Waals surface area contributed by atoms with Crippen LogP contribution in [0.4, 0.5) is 0 Å². The highest BCUT2D eigenvalue weighted by molar-refractivity contribution is 5.87. The van der Waals surface area contributed by atoms with Gasteiger partial charge >= 0.3 is 5.97 Å². The minimum absolute atomic E-state index is 0.378. The monoisotopic (exact) mass is 209 g/mol. The SMILES string of the molecule is CCCCCCCn1ccc(C(=O)O)c1. The Labute approximate surface area is 90.7 Å². The molecule has 0 aliphatic carbocycles. The van der Waals surface area contributed by atoms with Crippen LogP contribution in [0, 0.1) is 0 Å². The van der Waals surface area contributed by atoms with Gasteiger partial charge in [-0.3, -0.25) is 0 Å². The van der Waals surface area contributed by atoms with E-state index in [1.807, 2.05) is 10.8 Å². The maximum Gasteiger partial charge on any atom is 0.337 e. The van der Waals surface area contributed by atoms with Gasteiger partial charge in [-0.25, -0.2) is 4.79 Å². The molecule has 0 bridgehead atoms. The normalized spacial score (nSPS) is 10.5. The van der Waals surface area contributed by atoms with Crippen molar-refractivity contribution in [2.75, 3.05) is 0 Å². The van der Waals surface area contributed by atoms with Gasteiger partial charge in [-0.2, -0.15) is 0 Å². The second-order valence-corrected chi connectivity index (χ2v) is 3.86. The van der Waals surface area contributed by atoms with E-state index in [0.29, 0.717) is 5.56 Å². The lowest BCUT2D eigenvalue weighted by Crippen LogP contribution is -1.96. The summed E-state index contributed by atoms with van der Waals surface area (Å²) in [5, 5.41) is 8.73. The Bertz CT molecular complexity index is 304. The van der Waals surface area contributed by atoms with Gasteiger partial charge in [0.15, 0.2) is 0 Å². The summed E-state index contributed by atoms with van der Waals surface area (Å²) in [6.07, 6.45) is 9.73. The molecule has 1 aromatic rings. The fourth-order valence-corrected chi connectivity index (χ4v) is 1.60. The average molecular weight is 209 g/mol. The number of rotatable bonds is 7. The van der Waals surface area contributed by atoms with E-state index in [2.05, 4.69) is 6.92 Å². The largest absolute Gasteiger partial charge is 0.478 e. The van der Waals surface area contributed by atoms with Crippen molar-refractivity contribution >= 4 is 5.97 Å². The van der Waals surface area contributed by atoms with Crippen molar-refractivity contribution in [3.63, 3.8) is 0 Å². The molecule has 0 aliphatic heterocycles. The van der Waals surface area contributed by atoms with Gasteiger partial charge in [0.25, 0.3) is 0 Å². The number of carboxylic acid groups (broad SMARTS) is 1. The zero-order valence-electron chi connectivity index (χ0n) is 9.28. The summed E-state index contributed by atoms with van der Waals surface area (Å²) in [4.78, 5) is 10.6. The molecule has 0 aromatic carbocycles. The van der Waals surface area contributed by atoms with Crippen LogP contribution in [0.5, 0.6) is 0 Å². The van der Waals surface area contributed by atoms with Crippen LogP contribution in [-0.2, 0) is 6.54 Å². The van der Waals surface area contributed by atoms with Crippen LogP contribution in [0.3, 0.4) is 0 Å². The number of aromatic nitrogens is 1. The van der Waals surface area contributed by atoms with Gasteiger partial charge in [0, 0.05) is 18.9 Å². The lowest BCUT2D eigenvalue weighted by molar-refractivity contribution is 0.0697. The first-order valence-electron chi connectivity index (χ1n) is 5.63. The van der Waals surface area contributed by atoms with E-state index in [4.69, 9.17) is 5.11 Å². The first kappa shape index (κ1) is 11.8.